The van der Waals surface area contributed by atoms with Crippen LogP contribution in [-0.4, -0.2) is 18.5 Å². The molecule has 0 N–H and O–H groups in total. The average Bonchev–Trinajstić information content (AvgIpc) is 3.86. The van der Waals surface area contributed by atoms with Gasteiger partial charge in [-0.05, 0) is 27.7 Å². The molecule has 2 aliphatic carbocycles. The third-order valence-corrected chi connectivity index (χ3v) is 15.6. The molecule has 0 amide bonds. The predicted octanol–water partition coefficient (Wildman–Crippen LogP) is 15.6. The second-order valence-corrected chi connectivity index (χ2v) is 22.6. The normalized spacial score (nSPS) is 13.4. The molecule has 0 unspecified atom stereocenters. The van der Waals surface area contributed by atoms with Gasteiger partial charge in [0, 0.05) is 17.2 Å². The number of imidazole rings is 1. The molecule has 0 fully saturated rings. The van der Waals surface area contributed by atoms with Crippen molar-refractivity contribution < 1.29 is 24.1 Å². The van der Waals surface area contributed by atoms with E-state index in [1.165, 1.54) is 55.5 Å². The van der Waals surface area contributed by atoms with Crippen LogP contribution in [0.3, 0.4) is 0 Å². The Labute approximate surface area is 417 Å². The number of ether oxygens (including phenoxy) is 1. The first-order chi connectivity index (χ1) is 33.1. The van der Waals surface area contributed by atoms with E-state index in [-0.39, 0.29) is 16.2 Å². The van der Waals surface area contributed by atoms with Crippen molar-refractivity contribution in [2.75, 3.05) is 0 Å². The molecule has 14 rings (SSSR count). The molecule has 4 aromatic heterocycles. The van der Waals surface area contributed by atoms with Crippen LogP contribution in [0.1, 0.15) is 100 Å². The Morgan fingerprint density at radius 2 is 1.22 bits per heavy atom. The van der Waals surface area contributed by atoms with E-state index >= 15 is 0 Å². The summed E-state index contributed by atoms with van der Waals surface area (Å²) in [6.45, 7) is 18.3. The summed E-state index contributed by atoms with van der Waals surface area (Å²) >= 11 is 2.53. The molecule has 69 heavy (non-hydrogen) atoms. The minimum atomic E-state index is -0.328. The van der Waals surface area contributed by atoms with Crippen molar-refractivity contribution in [3.8, 4) is 34.1 Å². The Kier molecular flexibility index (Phi) is 11.2. The number of benzene rings is 6. The number of aryl methyl sites for hydroxylation is 4. The third-order valence-electron chi connectivity index (χ3n) is 14.6. The molecule has 6 heteroatoms. The summed E-state index contributed by atoms with van der Waals surface area (Å²) in [7, 11) is 0. The van der Waals surface area contributed by atoms with E-state index in [1.54, 1.807) is 0 Å². The molecule has 2 aliphatic heterocycles. The molecular formula is C63H60N4OPt. The first-order valence-corrected chi connectivity index (χ1v) is 25.6. The number of nitrogens with zero attached hydrogens (tertiary/aromatic N) is 4. The molecule has 0 saturated carbocycles. The van der Waals surface area contributed by atoms with Crippen molar-refractivity contribution in [3.05, 3.63) is 219 Å². The predicted molar refractivity (Wildman–Crippen MR) is 281 cm³/mol. The van der Waals surface area contributed by atoms with Gasteiger partial charge in [-0.25, -0.2) is 0 Å². The Balaban J connectivity index is 1.03. The monoisotopic (exact) mass is 1080 g/mol. The topological polar surface area (TPSA) is 36.4 Å². The van der Waals surface area contributed by atoms with Gasteiger partial charge in [-0.1, -0.05) is 101 Å². The summed E-state index contributed by atoms with van der Waals surface area (Å²) in [6.07, 6.45) is 8.40. The second-order valence-electron chi connectivity index (χ2n) is 21.6. The SMILES string of the molecule is CC(C)(C)c1ccc(-c2cnc(-n3c4ccccc4c4ccc(Oc5cc(-n6cc7c8ccc(n7[c]6=[Pt])CCc6ccc(cc6)CC8)cc(C(C)(C)C)c5)cc43)cc2C(C)(C)c2ccccc2)cc1. The standard InChI is InChI=1S/C63H60N4O.Pt/c1-61(2,3)46-28-25-44(26-29-46)55-39-64-60(38-56(55)63(7,8)47-14-10-9-11-15-47)67-57-17-13-12-16-53(57)54-33-32-51(37-58(54)67)68-52-35-48(62(4,5)6)34-50(36-52)65-40-59-45-24-22-42-18-20-43(21-19-42)23-30-49(31-27-45)66(59)41-65;/h9-21,25-29,31-40H,22-24,30H2,1-8H3;. The zero-order valence-electron chi connectivity index (χ0n) is 41.0. The fraction of sp³-hybridized carbons (Fsp3) is 0.238. The quantitative estimate of drug-likeness (QED) is 0.159. The molecule has 6 heterocycles. The Hall–Kier alpha value is -6.55. The Morgan fingerprint density at radius 1 is 0.536 bits per heavy atom. The van der Waals surface area contributed by atoms with Gasteiger partial charge in [0.05, 0.1) is 0 Å². The summed E-state index contributed by atoms with van der Waals surface area (Å²) in [6, 6.07) is 58.1. The van der Waals surface area contributed by atoms with Crippen LogP contribution in [0, 0.1) is 3.80 Å². The minimum absolute atomic E-state index is 0.0619. The van der Waals surface area contributed by atoms with Crippen LogP contribution < -0.4 is 4.74 Å². The summed E-state index contributed by atoms with van der Waals surface area (Å²) in [5.74, 6) is 2.44. The molecule has 0 atom stereocenters. The molecule has 6 aromatic carbocycles. The van der Waals surface area contributed by atoms with Gasteiger partial charge >= 0.3 is 274 Å². The van der Waals surface area contributed by atoms with E-state index in [2.05, 4.69) is 258 Å². The van der Waals surface area contributed by atoms with Crippen LogP contribution in [0.15, 0.2) is 170 Å². The third kappa shape index (κ3) is 8.33. The number of hydrogen-bond acceptors (Lipinski definition) is 2. The molecular weight excluding hydrogens is 1020 g/mol. The van der Waals surface area contributed by atoms with Gasteiger partial charge in [-0.3, -0.25) is 0 Å². The fourth-order valence-electron chi connectivity index (χ4n) is 10.4. The summed E-state index contributed by atoms with van der Waals surface area (Å²) < 4.78 is 15.4. The molecule has 0 radical (unpaired) electrons. The van der Waals surface area contributed by atoms with Crippen molar-refractivity contribution >= 4 is 27.3 Å². The minimum Gasteiger partial charge on any atom is -0.0622 e. The van der Waals surface area contributed by atoms with Crippen molar-refractivity contribution in [1.82, 2.24) is 18.5 Å². The number of fused-ring (bicyclic) bond motifs is 3. The Morgan fingerprint density at radius 3 is 1.94 bits per heavy atom. The number of hydrogen-bond donors (Lipinski definition) is 0. The summed E-state index contributed by atoms with van der Waals surface area (Å²) in [5, 5.41) is 2.33. The van der Waals surface area contributed by atoms with E-state index in [0.29, 0.717) is 0 Å². The zero-order chi connectivity index (χ0) is 47.8. The fourth-order valence-corrected chi connectivity index (χ4v) is 11.4. The van der Waals surface area contributed by atoms with Crippen LogP contribution in [0.2, 0.25) is 0 Å². The smallest absolute Gasteiger partial charge is 0.0622 e. The van der Waals surface area contributed by atoms with Crippen molar-refractivity contribution in [3.63, 3.8) is 0 Å². The number of aromatic nitrogens is 4. The Bertz CT molecular complexity index is 3630. The van der Waals surface area contributed by atoms with Gasteiger partial charge in [-0.2, -0.15) is 0 Å². The number of pyridine rings is 2. The molecule has 4 aliphatic rings. The molecule has 348 valence electrons. The first-order valence-electron chi connectivity index (χ1n) is 24.4. The molecule has 0 saturated heterocycles. The van der Waals surface area contributed by atoms with E-state index in [9.17, 15) is 0 Å². The van der Waals surface area contributed by atoms with Crippen LogP contribution in [0.25, 0.3) is 50.0 Å². The van der Waals surface area contributed by atoms with Gasteiger partial charge in [0.1, 0.15) is 0 Å². The maximum absolute atomic E-state index is 7.05. The maximum atomic E-state index is 7.05. The van der Waals surface area contributed by atoms with Gasteiger partial charge in [0.25, 0.3) is 0 Å². The molecule has 5 nitrogen and oxygen atoms in total. The van der Waals surface area contributed by atoms with E-state index in [4.69, 9.17) is 9.72 Å². The van der Waals surface area contributed by atoms with E-state index in [0.717, 1.165) is 80.0 Å². The van der Waals surface area contributed by atoms with Gasteiger partial charge < -0.3 is 0 Å². The van der Waals surface area contributed by atoms with Gasteiger partial charge in [0.2, 0.25) is 0 Å². The van der Waals surface area contributed by atoms with Crippen LogP contribution in [-0.2, 0) is 61.3 Å². The number of para-hydroxylation sites is 1. The molecule has 0 spiro atoms. The van der Waals surface area contributed by atoms with E-state index in [1.807, 2.05) is 0 Å². The summed E-state index contributed by atoms with van der Waals surface area (Å²) in [4.78, 5) is 5.33. The second kappa shape index (κ2) is 17.1. The first kappa shape index (κ1) is 44.9. The molecule has 10 aromatic rings. The van der Waals surface area contributed by atoms with Crippen molar-refractivity contribution in [2.24, 2.45) is 0 Å². The van der Waals surface area contributed by atoms with Crippen molar-refractivity contribution in [1.29, 1.82) is 0 Å². The van der Waals surface area contributed by atoms with Crippen LogP contribution in [0.5, 0.6) is 11.5 Å². The van der Waals surface area contributed by atoms with Gasteiger partial charge in [0.15, 0.2) is 0 Å². The van der Waals surface area contributed by atoms with Crippen LogP contribution in [0.4, 0.5) is 0 Å². The van der Waals surface area contributed by atoms with Crippen molar-refractivity contribution in [2.45, 2.75) is 97.3 Å². The zero-order valence-corrected chi connectivity index (χ0v) is 43.3. The van der Waals surface area contributed by atoms with Gasteiger partial charge in [-0.15, -0.1) is 0 Å². The van der Waals surface area contributed by atoms with E-state index < -0.39 is 0 Å². The average molecular weight is 1080 g/mol. The summed E-state index contributed by atoms with van der Waals surface area (Å²) in [5.41, 5.74) is 16.9. The molecule has 4 bridgehead atoms. The number of rotatable bonds is 7. The van der Waals surface area contributed by atoms with Crippen LogP contribution >= 0.6 is 0 Å².